The summed E-state index contributed by atoms with van der Waals surface area (Å²) in [4.78, 5) is 2.05. The van der Waals surface area contributed by atoms with Crippen molar-refractivity contribution in [2.24, 2.45) is 0 Å². The molecule has 1 N–H and O–H groups in total. The van der Waals surface area contributed by atoms with Crippen molar-refractivity contribution in [3.63, 3.8) is 0 Å². The van der Waals surface area contributed by atoms with E-state index in [-0.39, 0.29) is 5.92 Å². The molecule has 1 aromatic rings. The zero-order valence-electron chi connectivity index (χ0n) is 10.5. The molecule has 5 heteroatoms. The maximum Gasteiger partial charge on any atom is 0.416 e. The Morgan fingerprint density at radius 3 is 2.67 bits per heavy atom. The van der Waals surface area contributed by atoms with Crippen LogP contribution in [-0.2, 0) is 12.7 Å². The number of hydrogen-bond acceptors (Lipinski definition) is 2. The SMILES string of the molecule is CN(C)CC1CNCc2cc(C(F)(F)F)ccc21. The Morgan fingerprint density at radius 1 is 1.33 bits per heavy atom. The Morgan fingerprint density at radius 2 is 2.06 bits per heavy atom. The summed E-state index contributed by atoms with van der Waals surface area (Å²) in [5.41, 5.74) is 1.24. The van der Waals surface area contributed by atoms with E-state index >= 15 is 0 Å². The molecule has 2 rings (SSSR count). The van der Waals surface area contributed by atoms with Gasteiger partial charge in [-0.1, -0.05) is 6.07 Å². The van der Waals surface area contributed by atoms with Gasteiger partial charge in [0.1, 0.15) is 0 Å². The fourth-order valence-corrected chi connectivity index (χ4v) is 2.43. The maximum atomic E-state index is 12.6. The number of nitrogens with one attached hydrogen (secondary N) is 1. The van der Waals surface area contributed by atoms with Crippen LogP contribution in [0, 0.1) is 0 Å². The second-order valence-electron chi connectivity index (χ2n) is 5.00. The predicted molar refractivity (Wildman–Crippen MR) is 64.4 cm³/mol. The van der Waals surface area contributed by atoms with Crippen molar-refractivity contribution in [1.29, 1.82) is 0 Å². The van der Waals surface area contributed by atoms with Crippen molar-refractivity contribution in [2.75, 3.05) is 27.2 Å². The quantitative estimate of drug-likeness (QED) is 0.876. The number of fused-ring (bicyclic) bond motifs is 1. The second-order valence-corrected chi connectivity index (χ2v) is 5.00. The Hall–Kier alpha value is -1.07. The van der Waals surface area contributed by atoms with Gasteiger partial charge in [0.05, 0.1) is 5.56 Å². The van der Waals surface area contributed by atoms with Crippen molar-refractivity contribution in [1.82, 2.24) is 10.2 Å². The molecule has 0 fully saturated rings. The highest BCUT2D eigenvalue weighted by Gasteiger charge is 2.32. The average Bonchev–Trinajstić information content (AvgIpc) is 2.27. The minimum absolute atomic E-state index is 0.256. The van der Waals surface area contributed by atoms with Crippen molar-refractivity contribution in [2.45, 2.75) is 18.6 Å². The summed E-state index contributed by atoms with van der Waals surface area (Å²) in [5, 5.41) is 3.18. The molecule has 1 aromatic carbocycles. The molecule has 1 aliphatic rings. The Kier molecular flexibility index (Phi) is 3.64. The molecule has 1 unspecified atom stereocenters. The van der Waals surface area contributed by atoms with Crippen molar-refractivity contribution in [3.05, 3.63) is 34.9 Å². The number of hydrogen-bond donors (Lipinski definition) is 1. The van der Waals surface area contributed by atoms with E-state index < -0.39 is 11.7 Å². The molecule has 1 heterocycles. The summed E-state index contributed by atoms with van der Waals surface area (Å²) >= 11 is 0. The lowest BCUT2D eigenvalue weighted by Crippen LogP contribution is -2.34. The Labute approximate surface area is 105 Å². The van der Waals surface area contributed by atoms with E-state index in [1.54, 1.807) is 6.07 Å². The van der Waals surface area contributed by atoms with E-state index in [2.05, 4.69) is 10.2 Å². The number of benzene rings is 1. The van der Waals surface area contributed by atoms with Crippen LogP contribution in [0.4, 0.5) is 13.2 Å². The molecule has 18 heavy (non-hydrogen) atoms. The fourth-order valence-electron chi connectivity index (χ4n) is 2.43. The van der Waals surface area contributed by atoms with E-state index in [0.29, 0.717) is 6.54 Å². The van der Waals surface area contributed by atoms with Crippen LogP contribution in [0.3, 0.4) is 0 Å². The summed E-state index contributed by atoms with van der Waals surface area (Å²) in [6, 6.07) is 4.09. The van der Waals surface area contributed by atoms with Gasteiger partial charge >= 0.3 is 6.18 Å². The van der Waals surface area contributed by atoms with E-state index in [1.807, 2.05) is 14.1 Å². The summed E-state index contributed by atoms with van der Waals surface area (Å²) in [6.45, 7) is 2.17. The number of likely N-dealkylation sites (N-methyl/N-ethyl adjacent to an activating group) is 1. The van der Waals surface area contributed by atoms with Gasteiger partial charge in [0, 0.05) is 25.6 Å². The molecule has 0 amide bonds. The van der Waals surface area contributed by atoms with Crippen LogP contribution < -0.4 is 5.32 Å². The molecule has 0 saturated heterocycles. The standard InChI is InChI=1S/C13H17F3N2/c1-18(2)8-10-7-17-6-9-5-11(13(14,15)16)3-4-12(9)10/h3-5,10,17H,6-8H2,1-2H3. The van der Waals surface area contributed by atoms with Gasteiger partial charge in [-0.2, -0.15) is 13.2 Å². The van der Waals surface area contributed by atoms with Gasteiger partial charge in [-0.3, -0.25) is 0 Å². The zero-order chi connectivity index (χ0) is 13.3. The molecule has 0 aliphatic carbocycles. The third kappa shape index (κ3) is 2.84. The number of nitrogens with zero attached hydrogens (tertiary/aromatic N) is 1. The lowest BCUT2D eigenvalue weighted by Gasteiger charge is -2.29. The second kappa shape index (κ2) is 4.90. The molecule has 2 nitrogen and oxygen atoms in total. The zero-order valence-corrected chi connectivity index (χ0v) is 10.5. The molecular formula is C13H17F3N2. The summed E-state index contributed by atoms with van der Waals surface area (Å²) in [7, 11) is 3.94. The molecule has 1 atom stereocenters. The average molecular weight is 258 g/mol. The Balaban J connectivity index is 2.31. The highest BCUT2D eigenvalue weighted by atomic mass is 19.4. The monoisotopic (exact) mass is 258 g/mol. The first kappa shape index (κ1) is 13.4. The van der Waals surface area contributed by atoms with Crippen molar-refractivity contribution in [3.8, 4) is 0 Å². The first-order valence-corrected chi connectivity index (χ1v) is 5.93. The van der Waals surface area contributed by atoms with Gasteiger partial charge in [0.2, 0.25) is 0 Å². The van der Waals surface area contributed by atoms with Gasteiger partial charge in [0.25, 0.3) is 0 Å². The normalized spacial score (nSPS) is 20.0. The molecular weight excluding hydrogens is 241 g/mol. The summed E-state index contributed by atoms with van der Waals surface area (Å²) in [6.07, 6.45) is -4.26. The smallest absolute Gasteiger partial charge is 0.312 e. The van der Waals surface area contributed by atoms with E-state index in [0.717, 1.165) is 24.2 Å². The van der Waals surface area contributed by atoms with Crippen LogP contribution in [0.5, 0.6) is 0 Å². The third-order valence-corrected chi connectivity index (χ3v) is 3.20. The molecule has 0 aromatic heterocycles. The topological polar surface area (TPSA) is 15.3 Å². The number of alkyl halides is 3. The maximum absolute atomic E-state index is 12.6. The van der Waals surface area contributed by atoms with E-state index in [4.69, 9.17) is 0 Å². The van der Waals surface area contributed by atoms with Gasteiger partial charge in [-0.25, -0.2) is 0 Å². The highest BCUT2D eigenvalue weighted by molar-refractivity contribution is 5.37. The number of halogens is 3. The molecule has 100 valence electrons. The van der Waals surface area contributed by atoms with E-state index in [1.165, 1.54) is 12.1 Å². The molecule has 0 spiro atoms. The number of rotatable bonds is 2. The summed E-state index contributed by atoms with van der Waals surface area (Å²) < 4.78 is 37.9. The van der Waals surface area contributed by atoms with Gasteiger partial charge in [0.15, 0.2) is 0 Å². The molecule has 0 bridgehead atoms. The van der Waals surface area contributed by atoms with Gasteiger partial charge in [-0.05, 0) is 37.4 Å². The van der Waals surface area contributed by atoms with Crippen LogP contribution in [0.25, 0.3) is 0 Å². The van der Waals surface area contributed by atoms with Gasteiger partial charge in [-0.15, -0.1) is 0 Å². The summed E-state index contributed by atoms with van der Waals surface area (Å²) in [5.74, 6) is 0.256. The molecule has 0 saturated carbocycles. The lowest BCUT2D eigenvalue weighted by molar-refractivity contribution is -0.137. The largest absolute Gasteiger partial charge is 0.416 e. The minimum Gasteiger partial charge on any atom is -0.312 e. The van der Waals surface area contributed by atoms with Crippen molar-refractivity contribution < 1.29 is 13.2 Å². The van der Waals surface area contributed by atoms with Crippen LogP contribution in [0.2, 0.25) is 0 Å². The first-order chi connectivity index (χ1) is 8.38. The Bertz CT molecular complexity index is 427. The van der Waals surface area contributed by atoms with Crippen LogP contribution in [0.15, 0.2) is 18.2 Å². The predicted octanol–water partition coefficient (Wildman–Crippen LogP) is 2.45. The highest BCUT2D eigenvalue weighted by Crippen LogP contribution is 2.33. The van der Waals surface area contributed by atoms with Crippen molar-refractivity contribution >= 4 is 0 Å². The van der Waals surface area contributed by atoms with Gasteiger partial charge < -0.3 is 10.2 Å². The van der Waals surface area contributed by atoms with Crippen LogP contribution in [0.1, 0.15) is 22.6 Å². The minimum atomic E-state index is -4.26. The van der Waals surface area contributed by atoms with Crippen LogP contribution >= 0.6 is 0 Å². The lowest BCUT2D eigenvalue weighted by atomic mass is 9.89. The first-order valence-electron chi connectivity index (χ1n) is 5.93. The third-order valence-electron chi connectivity index (χ3n) is 3.20. The van der Waals surface area contributed by atoms with Crippen LogP contribution in [-0.4, -0.2) is 32.1 Å². The van der Waals surface area contributed by atoms with E-state index in [9.17, 15) is 13.2 Å². The molecule has 1 aliphatic heterocycles. The molecule has 0 radical (unpaired) electrons. The fraction of sp³-hybridized carbons (Fsp3) is 0.538.